The molecule has 0 bridgehead atoms. The van der Waals surface area contributed by atoms with Gasteiger partial charge in [0.25, 0.3) is 0 Å². The lowest BCUT2D eigenvalue weighted by Gasteiger charge is -2.16. The van der Waals surface area contributed by atoms with Gasteiger partial charge in [0, 0.05) is 6.54 Å². The zero-order valence-electron chi connectivity index (χ0n) is 8.02. The van der Waals surface area contributed by atoms with Gasteiger partial charge in [-0.3, -0.25) is 5.84 Å². The van der Waals surface area contributed by atoms with E-state index >= 15 is 0 Å². The van der Waals surface area contributed by atoms with Crippen LogP contribution < -0.4 is 17.0 Å². The summed E-state index contributed by atoms with van der Waals surface area (Å²) >= 11 is 0. The van der Waals surface area contributed by atoms with Gasteiger partial charge < -0.3 is 21.4 Å². The van der Waals surface area contributed by atoms with Crippen molar-refractivity contribution in [1.29, 1.82) is 0 Å². The summed E-state index contributed by atoms with van der Waals surface area (Å²) in [6.45, 7) is -0.0975. The van der Waals surface area contributed by atoms with E-state index < -0.39 is 18.0 Å². The van der Waals surface area contributed by atoms with Gasteiger partial charge in [-0.25, -0.2) is 4.39 Å². The van der Waals surface area contributed by atoms with Gasteiger partial charge in [0.1, 0.15) is 11.9 Å². The first kappa shape index (κ1) is 11.9. The van der Waals surface area contributed by atoms with Gasteiger partial charge in [-0.05, 0) is 17.7 Å². The second kappa shape index (κ2) is 5.04. The molecule has 7 N–H and O–H groups in total. The van der Waals surface area contributed by atoms with E-state index in [0.29, 0.717) is 0 Å². The molecule has 5 nitrogen and oxygen atoms in total. The Morgan fingerprint density at radius 3 is 2.53 bits per heavy atom. The maximum absolute atomic E-state index is 13.2. The maximum atomic E-state index is 13.2. The van der Waals surface area contributed by atoms with Crippen LogP contribution in [0.4, 0.5) is 10.1 Å². The number of hydrogen-bond donors (Lipinski definition) is 5. The minimum Gasteiger partial charge on any atom is -0.389 e. The number of benzene rings is 1. The Hall–Kier alpha value is -1.21. The number of halogens is 1. The number of nitrogens with one attached hydrogen (secondary N) is 1. The number of nitrogens with two attached hydrogens (primary N) is 2. The smallest absolute Gasteiger partial charge is 0.147 e. The first-order valence-corrected chi connectivity index (χ1v) is 4.42. The van der Waals surface area contributed by atoms with Gasteiger partial charge >= 0.3 is 0 Å². The normalized spacial score (nSPS) is 14.7. The molecule has 1 rings (SSSR count). The Labute approximate surface area is 86.5 Å². The molecule has 15 heavy (non-hydrogen) atoms. The first-order chi connectivity index (χ1) is 7.10. The summed E-state index contributed by atoms with van der Waals surface area (Å²) in [6, 6.07) is 3.93. The molecule has 1 aromatic rings. The highest BCUT2D eigenvalue weighted by molar-refractivity contribution is 5.45. The van der Waals surface area contributed by atoms with Gasteiger partial charge in [-0.2, -0.15) is 0 Å². The van der Waals surface area contributed by atoms with Crippen molar-refractivity contribution in [2.75, 3.05) is 12.0 Å². The predicted octanol–water partition coefficient (Wildman–Crippen LogP) is -0.536. The standard InChI is InChI=1S/C9H14FN3O2/c10-6-3-5(1-2-7(6)13-12)9(15)8(14)4-11/h1-3,8-9,13-15H,4,11-12H2. The molecule has 84 valence electrons. The minimum atomic E-state index is -1.20. The predicted molar refractivity (Wildman–Crippen MR) is 54.2 cm³/mol. The summed E-state index contributed by atoms with van der Waals surface area (Å²) < 4.78 is 13.2. The van der Waals surface area contributed by atoms with Crippen molar-refractivity contribution < 1.29 is 14.6 Å². The molecule has 0 aliphatic carbocycles. The summed E-state index contributed by atoms with van der Waals surface area (Å²) in [6.07, 6.45) is -2.31. The molecule has 0 spiro atoms. The number of hydrogen-bond acceptors (Lipinski definition) is 5. The molecule has 0 radical (unpaired) electrons. The molecule has 0 heterocycles. The molecule has 0 fully saturated rings. The third-order valence-corrected chi connectivity index (χ3v) is 2.10. The van der Waals surface area contributed by atoms with Gasteiger partial charge in [-0.15, -0.1) is 0 Å². The highest BCUT2D eigenvalue weighted by Gasteiger charge is 2.17. The molecular weight excluding hydrogens is 201 g/mol. The van der Waals surface area contributed by atoms with Crippen molar-refractivity contribution in [3.8, 4) is 0 Å². The van der Waals surface area contributed by atoms with E-state index in [4.69, 9.17) is 11.6 Å². The van der Waals surface area contributed by atoms with Crippen LogP contribution in [0, 0.1) is 5.82 Å². The van der Waals surface area contributed by atoms with Crippen LogP contribution in [0.15, 0.2) is 18.2 Å². The summed E-state index contributed by atoms with van der Waals surface area (Å²) in [5.41, 5.74) is 7.70. The molecule has 0 saturated carbocycles. The van der Waals surface area contributed by atoms with Gasteiger partial charge in [0.05, 0.1) is 11.8 Å². The largest absolute Gasteiger partial charge is 0.389 e. The number of aliphatic hydroxyl groups is 2. The second-order valence-electron chi connectivity index (χ2n) is 3.13. The Balaban J connectivity index is 2.92. The van der Waals surface area contributed by atoms with Crippen molar-refractivity contribution in [1.82, 2.24) is 0 Å². The van der Waals surface area contributed by atoms with Crippen LogP contribution in [0.25, 0.3) is 0 Å². The number of aliphatic hydroxyl groups excluding tert-OH is 2. The first-order valence-electron chi connectivity index (χ1n) is 4.42. The van der Waals surface area contributed by atoms with E-state index in [1.165, 1.54) is 12.1 Å². The van der Waals surface area contributed by atoms with E-state index in [1.807, 2.05) is 0 Å². The highest BCUT2D eigenvalue weighted by Crippen LogP contribution is 2.21. The summed E-state index contributed by atoms with van der Waals surface area (Å²) in [4.78, 5) is 0. The number of nitrogen functional groups attached to an aromatic ring is 1. The van der Waals surface area contributed by atoms with Crippen LogP contribution in [-0.4, -0.2) is 22.9 Å². The van der Waals surface area contributed by atoms with Crippen LogP contribution in [0.2, 0.25) is 0 Å². The van der Waals surface area contributed by atoms with Crippen molar-refractivity contribution in [2.24, 2.45) is 11.6 Å². The topological polar surface area (TPSA) is 105 Å². The lowest BCUT2D eigenvalue weighted by atomic mass is 10.0. The van der Waals surface area contributed by atoms with Gasteiger partial charge in [-0.1, -0.05) is 6.07 Å². The van der Waals surface area contributed by atoms with Gasteiger partial charge in [0.15, 0.2) is 0 Å². The Morgan fingerprint density at radius 1 is 1.40 bits per heavy atom. The fraction of sp³-hybridized carbons (Fsp3) is 0.333. The van der Waals surface area contributed by atoms with E-state index in [-0.39, 0.29) is 17.8 Å². The number of hydrazine groups is 1. The zero-order chi connectivity index (χ0) is 11.4. The molecule has 2 atom stereocenters. The highest BCUT2D eigenvalue weighted by atomic mass is 19.1. The molecule has 0 aliphatic rings. The molecule has 0 aliphatic heterocycles. The molecular formula is C9H14FN3O2. The third kappa shape index (κ3) is 2.63. The third-order valence-electron chi connectivity index (χ3n) is 2.10. The molecule has 2 unspecified atom stereocenters. The van der Waals surface area contributed by atoms with Crippen LogP contribution in [0.5, 0.6) is 0 Å². The lowest BCUT2D eigenvalue weighted by molar-refractivity contribution is 0.0242. The SMILES string of the molecule is NCC(O)C(O)c1ccc(NN)c(F)c1. The summed E-state index contributed by atoms with van der Waals surface area (Å²) in [5.74, 6) is 4.44. The van der Waals surface area contributed by atoms with E-state index in [2.05, 4.69) is 5.43 Å². The summed E-state index contributed by atoms with van der Waals surface area (Å²) in [7, 11) is 0. The van der Waals surface area contributed by atoms with Crippen molar-refractivity contribution >= 4 is 5.69 Å². The van der Waals surface area contributed by atoms with Crippen molar-refractivity contribution in [2.45, 2.75) is 12.2 Å². The maximum Gasteiger partial charge on any atom is 0.147 e. The Bertz CT molecular complexity index is 335. The Kier molecular flexibility index (Phi) is 3.98. The van der Waals surface area contributed by atoms with E-state index in [1.54, 1.807) is 0 Å². The Morgan fingerprint density at radius 2 is 2.07 bits per heavy atom. The zero-order valence-corrected chi connectivity index (χ0v) is 8.02. The van der Waals surface area contributed by atoms with Gasteiger partial charge in [0.2, 0.25) is 0 Å². The fourth-order valence-electron chi connectivity index (χ4n) is 1.18. The van der Waals surface area contributed by atoms with Crippen LogP contribution in [0.3, 0.4) is 0 Å². The van der Waals surface area contributed by atoms with Crippen molar-refractivity contribution in [3.63, 3.8) is 0 Å². The van der Waals surface area contributed by atoms with E-state index in [0.717, 1.165) is 6.07 Å². The molecule has 0 aromatic heterocycles. The van der Waals surface area contributed by atoms with Crippen LogP contribution in [-0.2, 0) is 0 Å². The molecule has 1 aromatic carbocycles. The summed E-state index contributed by atoms with van der Waals surface area (Å²) in [5, 5.41) is 18.8. The molecule has 0 saturated heterocycles. The molecule has 0 amide bonds. The van der Waals surface area contributed by atoms with Crippen molar-refractivity contribution in [3.05, 3.63) is 29.6 Å². The lowest BCUT2D eigenvalue weighted by Crippen LogP contribution is -2.27. The number of rotatable bonds is 4. The van der Waals surface area contributed by atoms with Crippen LogP contribution >= 0.6 is 0 Å². The second-order valence-corrected chi connectivity index (χ2v) is 3.13. The average molecular weight is 215 g/mol. The van der Waals surface area contributed by atoms with Crippen LogP contribution in [0.1, 0.15) is 11.7 Å². The molecule has 6 heteroatoms. The number of anilines is 1. The monoisotopic (exact) mass is 215 g/mol. The average Bonchev–Trinajstić information content (AvgIpc) is 2.26. The van der Waals surface area contributed by atoms with E-state index in [9.17, 15) is 14.6 Å². The fourth-order valence-corrected chi connectivity index (χ4v) is 1.18. The minimum absolute atomic E-state index is 0.0975. The quantitative estimate of drug-likeness (QED) is 0.343.